The van der Waals surface area contributed by atoms with Gasteiger partial charge < -0.3 is 14.5 Å². The van der Waals surface area contributed by atoms with Gasteiger partial charge in [-0.2, -0.15) is 0 Å². The van der Waals surface area contributed by atoms with Gasteiger partial charge in [0.15, 0.2) is 0 Å². The molecule has 4 heterocycles. The minimum atomic E-state index is -0.119. The number of rotatable bonds is 8. The monoisotopic (exact) mass is 509 g/mol. The largest absolute Gasteiger partial charge is 0.379 e. The van der Waals surface area contributed by atoms with Gasteiger partial charge in [-0.3, -0.25) is 18.8 Å². The summed E-state index contributed by atoms with van der Waals surface area (Å²) in [6.07, 6.45) is 0. The Morgan fingerprint density at radius 1 is 0.889 bits per heavy atom. The van der Waals surface area contributed by atoms with Crippen LogP contribution in [0.1, 0.15) is 22.3 Å². The highest BCUT2D eigenvalue weighted by Crippen LogP contribution is 2.27. The standard InChI is InChI=1S/C27H35N5O3S/c1-2-28-10-13-30(14-11-28)26(33)25-24(22-7-4-3-5-8-22)32(21-23-9-6-20-36-23)27(34)31(25)15-12-29-16-18-35-19-17-29/h3-9,20H,2,10-19,21H2,1H3. The fraction of sp³-hybridized carbons (Fsp3) is 0.481. The van der Waals surface area contributed by atoms with Crippen LogP contribution in [-0.4, -0.2) is 95.3 Å². The zero-order valence-corrected chi connectivity index (χ0v) is 21.8. The van der Waals surface area contributed by atoms with Gasteiger partial charge in [0.05, 0.1) is 25.5 Å². The van der Waals surface area contributed by atoms with Crippen molar-refractivity contribution in [1.82, 2.24) is 23.8 Å². The molecule has 8 nitrogen and oxygen atoms in total. The Labute approximate surface area is 216 Å². The van der Waals surface area contributed by atoms with Crippen LogP contribution in [0.15, 0.2) is 52.6 Å². The molecule has 2 aliphatic heterocycles. The molecule has 0 N–H and O–H groups in total. The van der Waals surface area contributed by atoms with E-state index in [1.807, 2.05) is 52.7 Å². The number of carbonyl (C=O) groups is 1. The number of hydrogen-bond acceptors (Lipinski definition) is 6. The molecule has 0 unspecified atom stereocenters. The van der Waals surface area contributed by atoms with E-state index in [2.05, 4.69) is 16.7 Å². The van der Waals surface area contributed by atoms with Crippen molar-refractivity contribution in [3.8, 4) is 11.3 Å². The molecule has 0 radical (unpaired) electrons. The van der Waals surface area contributed by atoms with Gasteiger partial charge in [0.2, 0.25) is 0 Å². The lowest BCUT2D eigenvalue weighted by atomic mass is 10.1. The van der Waals surface area contributed by atoms with E-state index in [-0.39, 0.29) is 11.6 Å². The van der Waals surface area contributed by atoms with Crippen LogP contribution < -0.4 is 5.69 Å². The van der Waals surface area contributed by atoms with E-state index < -0.39 is 0 Å². The molecule has 192 valence electrons. The maximum absolute atomic E-state index is 14.1. The van der Waals surface area contributed by atoms with Crippen molar-refractivity contribution >= 4 is 17.2 Å². The number of carbonyl (C=O) groups excluding carboxylic acids is 1. The molecular weight excluding hydrogens is 474 g/mol. The Bertz CT molecular complexity index is 1190. The first-order chi connectivity index (χ1) is 17.7. The van der Waals surface area contributed by atoms with Gasteiger partial charge in [-0.05, 0) is 18.0 Å². The van der Waals surface area contributed by atoms with Crippen molar-refractivity contribution in [3.63, 3.8) is 0 Å². The molecule has 0 saturated carbocycles. The molecule has 2 aromatic heterocycles. The van der Waals surface area contributed by atoms with E-state index in [9.17, 15) is 9.59 Å². The highest BCUT2D eigenvalue weighted by atomic mass is 32.1. The number of morpholine rings is 1. The van der Waals surface area contributed by atoms with E-state index in [1.54, 1.807) is 20.5 Å². The van der Waals surface area contributed by atoms with Crippen LogP contribution in [0.25, 0.3) is 11.3 Å². The molecule has 0 bridgehead atoms. The maximum Gasteiger partial charge on any atom is 0.329 e. The lowest BCUT2D eigenvalue weighted by molar-refractivity contribution is 0.0359. The molecule has 2 saturated heterocycles. The highest BCUT2D eigenvalue weighted by molar-refractivity contribution is 7.09. The van der Waals surface area contributed by atoms with Crippen LogP contribution in [0.2, 0.25) is 0 Å². The lowest BCUT2D eigenvalue weighted by Gasteiger charge is -2.34. The summed E-state index contributed by atoms with van der Waals surface area (Å²) in [6, 6.07) is 13.9. The number of ether oxygens (including phenoxy) is 1. The normalized spacial score (nSPS) is 17.5. The first kappa shape index (κ1) is 25.0. The SMILES string of the molecule is CCN1CCN(C(=O)c2c(-c3ccccc3)n(Cc3cccs3)c(=O)n2CCN2CCOCC2)CC1. The lowest BCUT2D eigenvalue weighted by Crippen LogP contribution is -2.49. The molecule has 1 amide bonds. The van der Waals surface area contributed by atoms with Crippen molar-refractivity contribution in [1.29, 1.82) is 0 Å². The van der Waals surface area contributed by atoms with E-state index in [0.29, 0.717) is 51.6 Å². The summed E-state index contributed by atoms with van der Waals surface area (Å²) in [7, 11) is 0. The number of hydrogen-bond donors (Lipinski definition) is 0. The average Bonchev–Trinajstić information content (AvgIpc) is 3.54. The molecule has 0 aliphatic carbocycles. The summed E-state index contributed by atoms with van der Waals surface area (Å²) in [5.74, 6) is -0.0476. The molecule has 5 rings (SSSR count). The number of benzene rings is 1. The zero-order chi connectivity index (χ0) is 24.9. The molecule has 0 atom stereocenters. The molecule has 0 spiro atoms. The first-order valence-corrected chi connectivity index (χ1v) is 13.8. The van der Waals surface area contributed by atoms with Crippen molar-refractivity contribution in [3.05, 3.63) is 68.9 Å². The molecule has 2 fully saturated rings. The predicted octanol–water partition coefficient (Wildman–Crippen LogP) is 2.54. The third-order valence-corrected chi connectivity index (χ3v) is 8.08. The first-order valence-electron chi connectivity index (χ1n) is 12.9. The summed E-state index contributed by atoms with van der Waals surface area (Å²) in [6.45, 7) is 10.9. The summed E-state index contributed by atoms with van der Waals surface area (Å²) in [5.41, 5.74) is 2.01. The minimum Gasteiger partial charge on any atom is -0.379 e. The van der Waals surface area contributed by atoms with Crippen LogP contribution in [0, 0.1) is 0 Å². The minimum absolute atomic E-state index is 0.0476. The van der Waals surface area contributed by atoms with Gasteiger partial charge in [0, 0.05) is 62.8 Å². The molecule has 2 aliphatic rings. The third kappa shape index (κ3) is 5.34. The second kappa shape index (κ2) is 11.6. The van der Waals surface area contributed by atoms with Gasteiger partial charge in [0.1, 0.15) is 5.69 Å². The van der Waals surface area contributed by atoms with Crippen molar-refractivity contribution in [2.45, 2.75) is 20.0 Å². The van der Waals surface area contributed by atoms with E-state index >= 15 is 0 Å². The van der Waals surface area contributed by atoms with E-state index in [4.69, 9.17) is 4.74 Å². The molecule has 3 aromatic rings. The van der Waals surface area contributed by atoms with Gasteiger partial charge in [-0.1, -0.05) is 43.3 Å². The Hall–Kier alpha value is -2.72. The molecule has 1 aromatic carbocycles. The number of aromatic nitrogens is 2. The summed E-state index contributed by atoms with van der Waals surface area (Å²) in [4.78, 5) is 35.8. The topological polar surface area (TPSA) is 63.0 Å². The molecule has 9 heteroatoms. The summed E-state index contributed by atoms with van der Waals surface area (Å²) in [5, 5.41) is 2.03. The average molecular weight is 510 g/mol. The van der Waals surface area contributed by atoms with E-state index in [1.165, 1.54) is 0 Å². The fourth-order valence-corrected chi connectivity index (χ4v) is 5.79. The van der Waals surface area contributed by atoms with Crippen LogP contribution in [0.5, 0.6) is 0 Å². The van der Waals surface area contributed by atoms with Crippen LogP contribution in [-0.2, 0) is 17.8 Å². The number of piperazine rings is 1. The van der Waals surface area contributed by atoms with Crippen LogP contribution >= 0.6 is 11.3 Å². The zero-order valence-electron chi connectivity index (χ0n) is 21.0. The van der Waals surface area contributed by atoms with Crippen molar-refractivity contribution in [2.24, 2.45) is 0 Å². The number of likely N-dealkylation sites (N-methyl/N-ethyl adjacent to an activating group) is 1. The molecular formula is C27H35N5O3S. The highest BCUT2D eigenvalue weighted by Gasteiger charge is 2.31. The Morgan fingerprint density at radius 3 is 2.31 bits per heavy atom. The Kier molecular flexibility index (Phi) is 8.01. The van der Waals surface area contributed by atoms with Crippen molar-refractivity contribution in [2.75, 3.05) is 65.6 Å². The second-order valence-electron chi connectivity index (χ2n) is 9.34. The van der Waals surface area contributed by atoms with Gasteiger partial charge in [0.25, 0.3) is 5.91 Å². The quantitative estimate of drug-likeness (QED) is 0.467. The maximum atomic E-state index is 14.1. The number of amides is 1. The summed E-state index contributed by atoms with van der Waals surface area (Å²) >= 11 is 1.63. The second-order valence-corrected chi connectivity index (χ2v) is 10.4. The fourth-order valence-electron chi connectivity index (χ4n) is 5.09. The smallest absolute Gasteiger partial charge is 0.329 e. The van der Waals surface area contributed by atoms with Gasteiger partial charge >= 0.3 is 5.69 Å². The third-order valence-electron chi connectivity index (χ3n) is 7.22. The van der Waals surface area contributed by atoms with Crippen molar-refractivity contribution < 1.29 is 9.53 Å². The summed E-state index contributed by atoms with van der Waals surface area (Å²) < 4.78 is 9.03. The molecule has 36 heavy (non-hydrogen) atoms. The number of nitrogens with zero attached hydrogens (tertiary/aromatic N) is 5. The number of imidazole rings is 1. The number of thiophene rings is 1. The van der Waals surface area contributed by atoms with Gasteiger partial charge in [-0.25, -0.2) is 4.79 Å². The predicted molar refractivity (Wildman–Crippen MR) is 143 cm³/mol. The van der Waals surface area contributed by atoms with E-state index in [0.717, 1.165) is 48.9 Å². The Balaban J connectivity index is 1.58. The Morgan fingerprint density at radius 2 is 1.64 bits per heavy atom. The van der Waals surface area contributed by atoms with Gasteiger partial charge in [-0.15, -0.1) is 11.3 Å². The van der Waals surface area contributed by atoms with Crippen LogP contribution in [0.4, 0.5) is 0 Å². The van der Waals surface area contributed by atoms with Crippen LogP contribution in [0.3, 0.4) is 0 Å².